The number of carbonyl (C=O) groups excluding carboxylic acids is 2. The van der Waals surface area contributed by atoms with Gasteiger partial charge in [-0.25, -0.2) is 0 Å². The molecule has 1 fully saturated rings. The Morgan fingerprint density at radius 3 is 2.45 bits per heavy atom. The summed E-state index contributed by atoms with van der Waals surface area (Å²) >= 11 is 0. The van der Waals surface area contributed by atoms with Crippen molar-refractivity contribution in [2.24, 2.45) is 0 Å². The van der Waals surface area contributed by atoms with E-state index in [1.165, 1.54) is 12.8 Å². The molecule has 5 nitrogen and oxygen atoms in total. The molecule has 1 N–H and O–H groups in total. The fraction of sp³-hybridized carbons (Fsp3) is 0.417. The molecule has 1 aliphatic heterocycles. The number of hydrogen-bond acceptors (Lipinski definition) is 3. The van der Waals surface area contributed by atoms with E-state index in [0.717, 1.165) is 42.8 Å². The van der Waals surface area contributed by atoms with Gasteiger partial charge in [0.2, 0.25) is 5.91 Å². The molecule has 3 rings (SSSR count). The van der Waals surface area contributed by atoms with Gasteiger partial charge in [-0.2, -0.15) is 0 Å². The number of para-hydroxylation sites is 1. The Kier molecular flexibility index (Phi) is 7.28. The van der Waals surface area contributed by atoms with Gasteiger partial charge in [-0.05, 0) is 55.5 Å². The Labute approximate surface area is 173 Å². The lowest BCUT2D eigenvalue weighted by Crippen LogP contribution is -2.32. The van der Waals surface area contributed by atoms with Gasteiger partial charge >= 0.3 is 0 Å². The lowest BCUT2D eigenvalue weighted by Gasteiger charge is -2.22. The highest BCUT2D eigenvalue weighted by atomic mass is 16.5. The van der Waals surface area contributed by atoms with E-state index < -0.39 is 0 Å². The van der Waals surface area contributed by atoms with Crippen LogP contribution < -0.4 is 10.1 Å². The molecule has 0 aliphatic carbocycles. The van der Waals surface area contributed by atoms with Crippen LogP contribution in [0.4, 0.5) is 5.69 Å². The van der Waals surface area contributed by atoms with Gasteiger partial charge in [0.05, 0.1) is 18.4 Å². The number of carbonyl (C=O) groups is 2. The van der Waals surface area contributed by atoms with Crippen LogP contribution in [0.1, 0.15) is 53.6 Å². The van der Waals surface area contributed by atoms with Crippen LogP contribution in [0.5, 0.6) is 5.75 Å². The van der Waals surface area contributed by atoms with E-state index in [2.05, 4.69) is 5.32 Å². The predicted octanol–water partition coefficient (Wildman–Crippen LogP) is 4.59. The van der Waals surface area contributed by atoms with Crippen molar-refractivity contribution in [3.05, 3.63) is 59.2 Å². The minimum absolute atomic E-state index is 0.00794. The molecule has 1 heterocycles. The average Bonchev–Trinajstić information content (AvgIpc) is 3.02. The van der Waals surface area contributed by atoms with Gasteiger partial charge in [-0.1, -0.05) is 37.1 Å². The highest BCUT2D eigenvalue weighted by Crippen LogP contribution is 2.22. The molecule has 154 valence electrons. The van der Waals surface area contributed by atoms with Crippen LogP contribution in [0.25, 0.3) is 0 Å². The molecule has 0 radical (unpaired) electrons. The largest absolute Gasteiger partial charge is 0.496 e. The molecule has 5 heteroatoms. The first-order valence-corrected chi connectivity index (χ1v) is 10.4. The number of nitrogens with one attached hydrogen (secondary N) is 1. The maximum atomic E-state index is 13.0. The number of aryl methyl sites for hydroxylation is 2. The molecular formula is C24H30N2O3. The van der Waals surface area contributed by atoms with Crippen molar-refractivity contribution in [3.8, 4) is 5.75 Å². The Morgan fingerprint density at radius 2 is 1.76 bits per heavy atom. The van der Waals surface area contributed by atoms with Gasteiger partial charge in [0.15, 0.2) is 0 Å². The van der Waals surface area contributed by atoms with Crippen molar-refractivity contribution in [1.29, 1.82) is 0 Å². The second kappa shape index (κ2) is 10.1. The Balaban J connectivity index is 1.63. The zero-order chi connectivity index (χ0) is 20.6. The standard InChI is InChI=1S/C24H30N2O3/c1-18-17-19(11-13-22(18)29-2)12-14-23(27)25-21-10-6-5-9-20(21)24(28)26-15-7-3-4-8-16-26/h5-6,9-11,13,17H,3-4,7-8,12,14-16H2,1-2H3,(H,25,27). The third-order valence-electron chi connectivity index (χ3n) is 5.42. The average molecular weight is 395 g/mol. The van der Waals surface area contributed by atoms with Crippen LogP contribution in [0.3, 0.4) is 0 Å². The number of methoxy groups -OCH3 is 1. The van der Waals surface area contributed by atoms with Crippen molar-refractivity contribution in [2.75, 3.05) is 25.5 Å². The molecule has 29 heavy (non-hydrogen) atoms. The van der Waals surface area contributed by atoms with Crippen LogP contribution >= 0.6 is 0 Å². The number of likely N-dealkylation sites (tertiary alicyclic amines) is 1. The molecule has 0 atom stereocenters. The zero-order valence-electron chi connectivity index (χ0n) is 17.4. The first-order chi connectivity index (χ1) is 14.1. The summed E-state index contributed by atoms with van der Waals surface area (Å²) in [6, 6.07) is 13.3. The molecule has 2 amide bonds. The lowest BCUT2D eigenvalue weighted by molar-refractivity contribution is -0.116. The second-order valence-corrected chi connectivity index (χ2v) is 7.60. The number of amides is 2. The lowest BCUT2D eigenvalue weighted by atomic mass is 10.1. The minimum Gasteiger partial charge on any atom is -0.496 e. The molecule has 2 aromatic rings. The van der Waals surface area contributed by atoms with Crippen molar-refractivity contribution in [2.45, 2.75) is 45.4 Å². The minimum atomic E-state index is -0.0883. The van der Waals surface area contributed by atoms with E-state index in [9.17, 15) is 9.59 Å². The van der Waals surface area contributed by atoms with Crippen LogP contribution in [-0.2, 0) is 11.2 Å². The quantitative estimate of drug-likeness (QED) is 0.779. The molecular weight excluding hydrogens is 364 g/mol. The molecule has 2 aromatic carbocycles. The zero-order valence-corrected chi connectivity index (χ0v) is 17.4. The van der Waals surface area contributed by atoms with E-state index in [0.29, 0.717) is 24.1 Å². The summed E-state index contributed by atoms with van der Waals surface area (Å²) in [5.74, 6) is 0.766. The van der Waals surface area contributed by atoms with E-state index >= 15 is 0 Å². The summed E-state index contributed by atoms with van der Waals surface area (Å²) in [5, 5.41) is 2.94. The fourth-order valence-corrected chi connectivity index (χ4v) is 3.79. The SMILES string of the molecule is COc1ccc(CCC(=O)Nc2ccccc2C(=O)N2CCCCCC2)cc1C. The van der Waals surface area contributed by atoms with Gasteiger partial charge < -0.3 is 15.0 Å². The van der Waals surface area contributed by atoms with Gasteiger partial charge in [0.1, 0.15) is 5.75 Å². The summed E-state index contributed by atoms with van der Waals surface area (Å²) in [6.07, 6.45) is 5.43. The normalized spacial score (nSPS) is 14.2. The van der Waals surface area contributed by atoms with Crippen LogP contribution in [0.15, 0.2) is 42.5 Å². The number of benzene rings is 2. The van der Waals surface area contributed by atoms with E-state index in [1.807, 2.05) is 42.2 Å². The van der Waals surface area contributed by atoms with Gasteiger partial charge in [-0.3, -0.25) is 9.59 Å². The second-order valence-electron chi connectivity index (χ2n) is 7.60. The molecule has 0 bridgehead atoms. The van der Waals surface area contributed by atoms with Crippen LogP contribution in [-0.4, -0.2) is 36.9 Å². The number of ether oxygens (including phenoxy) is 1. The summed E-state index contributed by atoms with van der Waals surface area (Å²) in [7, 11) is 1.65. The maximum absolute atomic E-state index is 13.0. The van der Waals surface area contributed by atoms with Crippen molar-refractivity contribution in [3.63, 3.8) is 0 Å². The van der Waals surface area contributed by atoms with Gasteiger partial charge in [0, 0.05) is 19.5 Å². The highest BCUT2D eigenvalue weighted by Gasteiger charge is 2.20. The summed E-state index contributed by atoms with van der Waals surface area (Å²) in [4.78, 5) is 27.4. The van der Waals surface area contributed by atoms with Crippen molar-refractivity contribution < 1.29 is 14.3 Å². The Bertz CT molecular complexity index is 855. The number of anilines is 1. The number of nitrogens with zero attached hydrogens (tertiary/aromatic N) is 1. The van der Waals surface area contributed by atoms with E-state index in [-0.39, 0.29) is 11.8 Å². The Morgan fingerprint density at radius 1 is 1.03 bits per heavy atom. The van der Waals surface area contributed by atoms with Crippen LogP contribution in [0, 0.1) is 6.92 Å². The fourth-order valence-electron chi connectivity index (χ4n) is 3.79. The van der Waals surface area contributed by atoms with E-state index in [4.69, 9.17) is 4.74 Å². The number of hydrogen-bond donors (Lipinski definition) is 1. The molecule has 1 aliphatic rings. The first-order valence-electron chi connectivity index (χ1n) is 10.4. The number of rotatable bonds is 6. The molecule has 0 saturated carbocycles. The maximum Gasteiger partial charge on any atom is 0.255 e. The van der Waals surface area contributed by atoms with Crippen LogP contribution in [0.2, 0.25) is 0 Å². The monoisotopic (exact) mass is 394 g/mol. The first kappa shape index (κ1) is 20.9. The summed E-state index contributed by atoms with van der Waals surface area (Å²) in [5.41, 5.74) is 3.31. The molecule has 0 aromatic heterocycles. The molecule has 1 saturated heterocycles. The molecule has 0 spiro atoms. The summed E-state index contributed by atoms with van der Waals surface area (Å²) < 4.78 is 5.28. The molecule has 0 unspecified atom stereocenters. The highest BCUT2D eigenvalue weighted by molar-refractivity contribution is 6.03. The van der Waals surface area contributed by atoms with E-state index in [1.54, 1.807) is 19.2 Å². The van der Waals surface area contributed by atoms with Crippen molar-refractivity contribution >= 4 is 17.5 Å². The third kappa shape index (κ3) is 5.59. The topological polar surface area (TPSA) is 58.6 Å². The Hall–Kier alpha value is -2.82. The summed E-state index contributed by atoms with van der Waals surface area (Å²) in [6.45, 7) is 3.57. The smallest absolute Gasteiger partial charge is 0.255 e. The van der Waals surface area contributed by atoms with Gasteiger partial charge in [0.25, 0.3) is 5.91 Å². The third-order valence-corrected chi connectivity index (χ3v) is 5.42. The van der Waals surface area contributed by atoms with Gasteiger partial charge in [-0.15, -0.1) is 0 Å². The predicted molar refractivity (Wildman–Crippen MR) is 115 cm³/mol. The van der Waals surface area contributed by atoms with Crippen molar-refractivity contribution in [1.82, 2.24) is 4.90 Å².